The summed E-state index contributed by atoms with van der Waals surface area (Å²) < 4.78 is 31.4. The number of hydrogen-bond acceptors (Lipinski definition) is 8. The van der Waals surface area contributed by atoms with Crippen molar-refractivity contribution in [2.24, 2.45) is 4.99 Å². The number of nitriles is 1. The molecule has 1 amide bonds. The molecule has 0 aliphatic carbocycles. The molecule has 12 nitrogen and oxygen atoms in total. The second-order valence-electron chi connectivity index (χ2n) is 6.93. The molecule has 2 heterocycles. The molecule has 3 aromatic rings. The minimum Gasteiger partial charge on any atom is -0.494 e. The van der Waals surface area contributed by atoms with E-state index in [0.717, 1.165) is 12.1 Å². The Hall–Kier alpha value is -4.80. The van der Waals surface area contributed by atoms with Gasteiger partial charge in [-0.3, -0.25) is 24.1 Å². The smallest absolute Gasteiger partial charge is 0.328 e. The van der Waals surface area contributed by atoms with Gasteiger partial charge in [-0.25, -0.2) is 9.79 Å². The van der Waals surface area contributed by atoms with Crippen molar-refractivity contribution in [2.45, 2.75) is 4.90 Å². The van der Waals surface area contributed by atoms with E-state index in [2.05, 4.69) is 15.3 Å². The van der Waals surface area contributed by atoms with Gasteiger partial charge in [-0.1, -0.05) is 24.3 Å². The van der Waals surface area contributed by atoms with Crippen molar-refractivity contribution in [3.05, 3.63) is 91.6 Å². The lowest BCUT2D eigenvalue weighted by atomic mass is 9.99. The van der Waals surface area contributed by atoms with Crippen LogP contribution < -0.4 is 16.6 Å². The number of anilines is 1. The number of aromatic hydroxyl groups is 1. The second kappa shape index (κ2) is 8.28. The predicted octanol–water partition coefficient (Wildman–Crippen LogP) is 0.740. The van der Waals surface area contributed by atoms with Crippen LogP contribution >= 0.6 is 0 Å². The van der Waals surface area contributed by atoms with E-state index in [-0.39, 0.29) is 27.6 Å². The van der Waals surface area contributed by atoms with Crippen molar-refractivity contribution in [3.63, 3.8) is 0 Å². The van der Waals surface area contributed by atoms with Gasteiger partial charge in [-0.15, -0.1) is 0 Å². The lowest BCUT2D eigenvalue weighted by Gasteiger charge is -2.07. The minimum absolute atomic E-state index is 0.0568. The molecule has 2 aromatic carbocycles. The summed E-state index contributed by atoms with van der Waals surface area (Å²) in [6.07, 6.45) is 0. The number of nitrogens with one attached hydrogen (secondary N) is 3. The van der Waals surface area contributed by atoms with Gasteiger partial charge in [0.2, 0.25) is 5.88 Å². The van der Waals surface area contributed by atoms with E-state index in [0.29, 0.717) is 11.1 Å². The number of benzene rings is 2. The third-order valence-corrected chi connectivity index (χ3v) is 5.67. The Morgan fingerprint density at radius 3 is 2.26 bits per heavy atom. The fourth-order valence-electron chi connectivity index (χ4n) is 3.32. The zero-order valence-corrected chi connectivity index (χ0v) is 17.7. The molecule has 1 aromatic heterocycles. The number of aromatic amines is 2. The van der Waals surface area contributed by atoms with Crippen LogP contribution in [0.1, 0.15) is 16.7 Å². The summed E-state index contributed by atoms with van der Waals surface area (Å²) in [6, 6.07) is 12.7. The molecular formula is C21H13N5O7S. The molecule has 0 saturated heterocycles. The van der Waals surface area contributed by atoms with Gasteiger partial charge < -0.3 is 10.4 Å². The molecule has 1 aliphatic heterocycles. The first-order valence-electron chi connectivity index (χ1n) is 9.38. The van der Waals surface area contributed by atoms with E-state index in [1.54, 1.807) is 30.3 Å². The fraction of sp³-hybridized carbons (Fsp3) is 0. The number of aromatic nitrogens is 2. The summed E-state index contributed by atoms with van der Waals surface area (Å²) in [4.78, 5) is 44.5. The van der Waals surface area contributed by atoms with E-state index in [1.165, 1.54) is 12.1 Å². The monoisotopic (exact) mass is 479 g/mol. The maximum Gasteiger partial charge on any atom is 0.328 e. The summed E-state index contributed by atoms with van der Waals surface area (Å²) in [7, 11) is -4.42. The van der Waals surface area contributed by atoms with E-state index in [9.17, 15) is 33.2 Å². The van der Waals surface area contributed by atoms with Crippen molar-refractivity contribution in [1.29, 1.82) is 5.26 Å². The molecule has 0 spiro atoms. The normalized spacial score (nSPS) is 14.1. The highest BCUT2D eigenvalue weighted by Gasteiger charge is 2.30. The van der Waals surface area contributed by atoms with E-state index < -0.39 is 38.7 Å². The first-order valence-corrected chi connectivity index (χ1v) is 10.8. The highest BCUT2D eigenvalue weighted by Crippen LogP contribution is 2.34. The van der Waals surface area contributed by atoms with Gasteiger partial charge >= 0.3 is 5.69 Å². The average Bonchev–Trinajstić information content (AvgIpc) is 3.12. The Morgan fingerprint density at radius 1 is 1.03 bits per heavy atom. The Balaban J connectivity index is 1.81. The number of nitrogens with zero attached hydrogens (tertiary/aromatic N) is 2. The lowest BCUT2D eigenvalue weighted by molar-refractivity contribution is -0.112. The van der Waals surface area contributed by atoms with Crippen molar-refractivity contribution in [1.82, 2.24) is 9.97 Å². The molecule has 0 atom stereocenters. The molecule has 0 bridgehead atoms. The molecule has 0 fully saturated rings. The van der Waals surface area contributed by atoms with Gasteiger partial charge in [0, 0.05) is 16.8 Å². The van der Waals surface area contributed by atoms with Crippen molar-refractivity contribution in [2.75, 3.05) is 5.32 Å². The van der Waals surface area contributed by atoms with Crippen molar-refractivity contribution in [3.8, 4) is 11.9 Å². The van der Waals surface area contributed by atoms with Gasteiger partial charge in [-0.2, -0.15) is 13.7 Å². The fourth-order valence-corrected chi connectivity index (χ4v) is 3.80. The number of rotatable bonds is 4. The second-order valence-corrected chi connectivity index (χ2v) is 8.35. The zero-order valence-electron chi connectivity index (χ0n) is 16.9. The van der Waals surface area contributed by atoms with Gasteiger partial charge in [0.25, 0.3) is 21.6 Å². The number of amides is 1. The summed E-state index contributed by atoms with van der Waals surface area (Å²) in [5.74, 6) is -1.61. The van der Waals surface area contributed by atoms with E-state index >= 15 is 0 Å². The van der Waals surface area contributed by atoms with Crippen LogP contribution in [-0.4, -0.2) is 39.7 Å². The molecule has 0 saturated carbocycles. The standard InChI is InChI=1S/C21H13N5O7S/c22-9-14(18(27)23-10-5-7-11(8-6-10)34(31,32)33)16-12-3-1-2-4-13(12)17(24-16)15-19(28)25-21(30)26-20(15)29/h1-8H,(H,23,27)(H,31,32,33)(H3,25,26,28,29,30)/b16-14+. The number of hydrogen-bond donors (Lipinski definition) is 5. The molecule has 13 heteroatoms. The minimum atomic E-state index is -4.42. The van der Waals surface area contributed by atoms with Gasteiger partial charge in [0.05, 0.1) is 16.3 Å². The largest absolute Gasteiger partial charge is 0.494 e. The molecule has 34 heavy (non-hydrogen) atoms. The van der Waals surface area contributed by atoms with Crippen LogP contribution in [0.3, 0.4) is 0 Å². The molecule has 170 valence electrons. The van der Waals surface area contributed by atoms with Gasteiger partial charge in [0.1, 0.15) is 17.2 Å². The van der Waals surface area contributed by atoms with Crippen LogP contribution in [0.2, 0.25) is 0 Å². The lowest BCUT2D eigenvalue weighted by Crippen LogP contribution is -2.27. The highest BCUT2D eigenvalue weighted by atomic mass is 32.2. The van der Waals surface area contributed by atoms with Crippen molar-refractivity contribution < 1.29 is 22.9 Å². The molecule has 4 rings (SSSR count). The Kier molecular flexibility index (Phi) is 5.45. The summed E-state index contributed by atoms with van der Waals surface area (Å²) in [5, 5.41) is 22.3. The zero-order chi connectivity index (χ0) is 24.6. The van der Waals surface area contributed by atoms with Crippen molar-refractivity contribution >= 4 is 33.1 Å². The predicted molar refractivity (Wildman–Crippen MR) is 119 cm³/mol. The highest BCUT2D eigenvalue weighted by molar-refractivity contribution is 7.85. The number of carbonyl (C=O) groups excluding carboxylic acids is 1. The quantitative estimate of drug-likeness (QED) is 0.204. The van der Waals surface area contributed by atoms with Gasteiger partial charge in [0.15, 0.2) is 0 Å². The maximum absolute atomic E-state index is 12.9. The SMILES string of the molecule is N#C/C(C(=O)Nc1ccc(S(=O)(=O)O)cc1)=C1\N=C(c2c(O)[nH]c(=O)[nH]c2=O)c2ccccc21. The van der Waals surface area contributed by atoms with Crippen LogP contribution in [-0.2, 0) is 14.9 Å². The van der Waals surface area contributed by atoms with E-state index in [4.69, 9.17) is 4.55 Å². The third-order valence-electron chi connectivity index (χ3n) is 4.81. The average molecular weight is 479 g/mol. The van der Waals surface area contributed by atoms with E-state index in [1.807, 2.05) is 4.98 Å². The van der Waals surface area contributed by atoms with Crippen LogP contribution in [0.5, 0.6) is 5.88 Å². The first kappa shape index (κ1) is 22.4. The summed E-state index contributed by atoms with van der Waals surface area (Å²) in [5.41, 5.74) is -1.95. The molecule has 0 radical (unpaired) electrons. The molecular weight excluding hydrogens is 466 g/mol. The Bertz CT molecular complexity index is 1670. The number of aliphatic imine (C=N–C) groups is 1. The number of carbonyl (C=O) groups is 1. The topological polar surface area (TPSA) is 206 Å². The van der Waals surface area contributed by atoms with Crippen LogP contribution in [0.15, 0.2) is 73.6 Å². The van der Waals surface area contributed by atoms with Crippen LogP contribution in [0.4, 0.5) is 5.69 Å². The Labute approximate surface area is 190 Å². The summed E-state index contributed by atoms with van der Waals surface area (Å²) in [6.45, 7) is 0. The maximum atomic E-state index is 12.9. The molecule has 1 aliphatic rings. The summed E-state index contributed by atoms with van der Waals surface area (Å²) >= 11 is 0. The number of H-pyrrole nitrogens is 2. The molecule has 0 unspecified atom stereocenters. The number of fused-ring (bicyclic) bond motifs is 1. The molecule has 5 N–H and O–H groups in total. The van der Waals surface area contributed by atoms with Gasteiger partial charge in [-0.05, 0) is 24.3 Å². The Morgan fingerprint density at radius 2 is 1.68 bits per heavy atom. The third kappa shape index (κ3) is 4.01. The first-order chi connectivity index (χ1) is 16.1. The van der Waals surface area contributed by atoms with Crippen LogP contribution in [0.25, 0.3) is 5.70 Å². The van der Waals surface area contributed by atoms with Crippen LogP contribution in [0, 0.1) is 11.3 Å².